The Hall–Kier alpha value is -1.42. The van der Waals surface area contributed by atoms with Crippen LogP contribution in [-0.2, 0) is 17.8 Å². The summed E-state index contributed by atoms with van der Waals surface area (Å²) in [5, 5.41) is 3.43. The maximum atomic E-state index is 12.8. The molecule has 1 unspecified atom stereocenters. The molecule has 19 heavy (non-hydrogen) atoms. The summed E-state index contributed by atoms with van der Waals surface area (Å²) < 4.78 is 0. The summed E-state index contributed by atoms with van der Waals surface area (Å²) in [4.78, 5) is 19.2. The lowest BCUT2D eigenvalue weighted by Gasteiger charge is -2.36. The van der Waals surface area contributed by atoms with Gasteiger partial charge in [0.25, 0.3) is 0 Å². The van der Waals surface area contributed by atoms with E-state index in [1.807, 2.05) is 17.2 Å². The minimum absolute atomic E-state index is 0.280. The summed E-state index contributed by atoms with van der Waals surface area (Å²) >= 11 is 0. The van der Waals surface area contributed by atoms with Crippen LogP contribution < -0.4 is 5.32 Å². The highest BCUT2D eigenvalue weighted by atomic mass is 16.2. The van der Waals surface area contributed by atoms with Gasteiger partial charge < -0.3 is 10.2 Å². The van der Waals surface area contributed by atoms with Crippen LogP contribution in [0.15, 0.2) is 18.3 Å². The first-order valence-corrected chi connectivity index (χ1v) is 7.22. The molecule has 1 N–H and O–H groups in total. The molecule has 0 aromatic carbocycles. The second-order valence-corrected chi connectivity index (χ2v) is 5.55. The number of nitrogens with zero attached hydrogens (tertiary/aromatic N) is 2. The lowest BCUT2D eigenvalue weighted by Crippen LogP contribution is -2.55. The minimum atomic E-state index is -0.306. The molecule has 0 radical (unpaired) electrons. The number of pyridine rings is 1. The maximum Gasteiger partial charge on any atom is 0.243 e. The Kier molecular flexibility index (Phi) is 3.27. The van der Waals surface area contributed by atoms with Gasteiger partial charge in [-0.3, -0.25) is 9.78 Å². The van der Waals surface area contributed by atoms with Crippen molar-refractivity contribution in [3.05, 3.63) is 29.6 Å². The Morgan fingerprint density at radius 1 is 1.58 bits per heavy atom. The summed E-state index contributed by atoms with van der Waals surface area (Å²) in [6, 6.07) is 4.04. The van der Waals surface area contributed by atoms with Crippen molar-refractivity contribution in [3.8, 4) is 0 Å². The maximum absolute atomic E-state index is 12.8. The molecule has 0 saturated carbocycles. The third kappa shape index (κ3) is 2.14. The van der Waals surface area contributed by atoms with Gasteiger partial charge in [0.1, 0.15) is 0 Å². The Labute approximate surface area is 114 Å². The molecule has 1 aromatic heterocycles. The monoisotopic (exact) mass is 259 g/mol. The van der Waals surface area contributed by atoms with E-state index in [4.69, 9.17) is 0 Å². The SMILES string of the molecule is CCC1(C(=O)N2CCc3ncccc3C2)CCCN1. The average Bonchev–Trinajstić information content (AvgIpc) is 2.96. The van der Waals surface area contributed by atoms with Crippen LogP contribution in [0, 0.1) is 0 Å². The van der Waals surface area contributed by atoms with Gasteiger partial charge in [0.15, 0.2) is 0 Å². The Morgan fingerprint density at radius 2 is 2.47 bits per heavy atom. The van der Waals surface area contributed by atoms with Crippen LogP contribution in [0.1, 0.15) is 37.4 Å². The number of amides is 1. The average molecular weight is 259 g/mol. The molecule has 0 bridgehead atoms. The number of aromatic nitrogens is 1. The Bertz CT molecular complexity index is 480. The molecule has 0 spiro atoms. The van der Waals surface area contributed by atoms with Gasteiger partial charge in [-0.1, -0.05) is 13.0 Å². The fourth-order valence-electron chi connectivity index (χ4n) is 3.28. The van der Waals surface area contributed by atoms with Crippen molar-refractivity contribution >= 4 is 5.91 Å². The van der Waals surface area contributed by atoms with Gasteiger partial charge in [0.2, 0.25) is 5.91 Å². The van der Waals surface area contributed by atoms with Gasteiger partial charge in [-0.25, -0.2) is 0 Å². The fraction of sp³-hybridized carbons (Fsp3) is 0.600. The zero-order chi connectivity index (χ0) is 13.3. The lowest BCUT2D eigenvalue weighted by atomic mass is 9.91. The van der Waals surface area contributed by atoms with Crippen molar-refractivity contribution in [2.45, 2.75) is 44.7 Å². The van der Waals surface area contributed by atoms with E-state index in [2.05, 4.69) is 23.3 Å². The smallest absolute Gasteiger partial charge is 0.243 e. The van der Waals surface area contributed by atoms with Crippen LogP contribution >= 0.6 is 0 Å². The van der Waals surface area contributed by atoms with Gasteiger partial charge in [-0.2, -0.15) is 0 Å². The first-order chi connectivity index (χ1) is 9.25. The van der Waals surface area contributed by atoms with E-state index in [9.17, 15) is 4.79 Å². The number of fused-ring (bicyclic) bond motifs is 1. The second kappa shape index (κ2) is 4.93. The van der Waals surface area contributed by atoms with Crippen molar-refractivity contribution in [1.29, 1.82) is 0 Å². The number of carbonyl (C=O) groups is 1. The van der Waals surface area contributed by atoms with E-state index in [0.29, 0.717) is 6.54 Å². The third-order valence-corrected chi connectivity index (χ3v) is 4.51. The molecule has 1 amide bonds. The summed E-state index contributed by atoms with van der Waals surface area (Å²) in [6.07, 6.45) is 5.66. The van der Waals surface area contributed by atoms with E-state index in [1.165, 1.54) is 5.56 Å². The highest BCUT2D eigenvalue weighted by Gasteiger charge is 2.42. The molecule has 3 rings (SSSR count). The number of hydrogen-bond acceptors (Lipinski definition) is 3. The normalized spacial score (nSPS) is 26.3. The van der Waals surface area contributed by atoms with Crippen molar-refractivity contribution < 1.29 is 4.79 Å². The standard InChI is InChI=1S/C15H21N3O/c1-2-15(7-4-9-17-15)14(19)18-10-6-13-12(11-18)5-3-8-16-13/h3,5,8,17H,2,4,6-7,9-11H2,1H3. The third-order valence-electron chi connectivity index (χ3n) is 4.51. The van der Waals surface area contributed by atoms with Gasteiger partial charge in [-0.05, 0) is 37.4 Å². The topological polar surface area (TPSA) is 45.2 Å². The number of carbonyl (C=O) groups excluding carboxylic acids is 1. The van der Waals surface area contributed by atoms with E-state index in [1.54, 1.807) is 0 Å². The van der Waals surface area contributed by atoms with Crippen LogP contribution in [0.3, 0.4) is 0 Å². The molecular formula is C15H21N3O. The molecule has 1 fully saturated rings. The van der Waals surface area contributed by atoms with Gasteiger partial charge in [-0.15, -0.1) is 0 Å². The predicted molar refractivity (Wildman–Crippen MR) is 73.6 cm³/mol. The molecule has 102 valence electrons. The molecule has 1 saturated heterocycles. The molecule has 3 heterocycles. The summed E-state index contributed by atoms with van der Waals surface area (Å²) in [5.74, 6) is 0.280. The van der Waals surface area contributed by atoms with Gasteiger partial charge in [0, 0.05) is 31.4 Å². The Balaban J connectivity index is 1.79. The van der Waals surface area contributed by atoms with Crippen LogP contribution in [0.4, 0.5) is 0 Å². The quantitative estimate of drug-likeness (QED) is 0.875. The molecule has 1 atom stereocenters. The molecule has 2 aliphatic heterocycles. The highest BCUT2D eigenvalue weighted by Crippen LogP contribution is 2.28. The largest absolute Gasteiger partial charge is 0.336 e. The zero-order valence-corrected chi connectivity index (χ0v) is 11.5. The van der Waals surface area contributed by atoms with Crippen molar-refractivity contribution in [3.63, 3.8) is 0 Å². The lowest BCUT2D eigenvalue weighted by molar-refractivity contribution is -0.139. The van der Waals surface area contributed by atoms with Crippen molar-refractivity contribution in [2.75, 3.05) is 13.1 Å². The van der Waals surface area contributed by atoms with Crippen molar-refractivity contribution in [1.82, 2.24) is 15.2 Å². The summed E-state index contributed by atoms with van der Waals surface area (Å²) in [5.41, 5.74) is 2.04. The zero-order valence-electron chi connectivity index (χ0n) is 11.5. The van der Waals surface area contributed by atoms with E-state index in [-0.39, 0.29) is 11.4 Å². The molecule has 2 aliphatic rings. The molecule has 1 aromatic rings. The fourth-order valence-corrected chi connectivity index (χ4v) is 3.28. The van der Waals surface area contributed by atoms with Crippen LogP contribution in [0.25, 0.3) is 0 Å². The van der Waals surface area contributed by atoms with Crippen LogP contribution in [0.5, 0.6) is 0 Å². The summed E-state index contributed by atoms with van der Waals surface area (Å²) in [6.45, 7) is 4.58. The number of hydrogen-bond donors (Lipinski definition) is 1. The summed E-state index contributed by atoms with van der Waals surface area (Å²) in [7, 11) is 0. The minimum Gasteiger partial charge on any atom is -0.336 e. The van der Waals surface area contributed by atoms with E-state index >= 15 is 0 Å². The molecule has 0 aliphatic carbocycles. The Morgan fingerprint density at radius 3 is 3.21 bits per heavy atom. The second-order valence-electron chi connectivity index (χ2n) is 5.55. The van der Waals surface area contributed by atoms with E-state index < -0.39 is 0 Å². The van der Waals surface area contributed by atoms with E-state index in [0.717, 1.165) is 44.5 Å². The van der Waals surface area contributed by atoms with Gasteiger partial charge in [0.05, 0.1) is 5.54 Å². The van der Waals surface area contributed by atoms with Crippen LogP contribution in [-0.4, -0.2) is 34.4 Å². The molecule has 4 nitrogen and oxygen atoms in total. The highest BCUT2D eigenvalue weighted by molar-refractivity contribution is 5.87. The molecule has 4 heteroatoms. The van der Waals surface area contributed by atoms with Crippen LogP contribution in [0.2, 0.25) is 0 Å². The molecular weight excluding hydrogens is 238 g/mol. The van der Waals surface area contributed by atoms with Crippen molar-refractivity contribution in [2.24, 2.45) is 0 Å². The first-order valence-electron chi connectivity index (χ1n) is 7.22. The van der Waals surface area contributed by atoms with Gasteiger partial charge >= 0.3 is 0 Å². The number of rotatable bonds is 2. The predicted octanol–water partition coefficient (Wildman–Crippen LogP) is 1.50. The first kappa shape index (κ1) is 12.6. The number of nitrogens with one attached hydrogen (secondary N) is 1.